The Labute approximate surface area is 110 Å². The Bertz CT molecular complexity index is 580. The van der Waals surface area contributed by atoms with E-state index in [1.165, 1.54) is 6.39 Å². The second kappa shape index (κ2) is 4.85. The molecule has 1 aliphatic rings. The van der Waals surface area contributed by atoms with Gasteiger partial charge in [-0.05, 0) is 12.1 Å². The van der Waals surface area contributed by atoms with Crippen LogP contribution in [0, 0.1) is 5.92 Å². The normalized spacial score (nSPS) is 19.1. The van der Waals surface area contributed by atoms with E-state index in [0.717, 1.165) is 11.3 Å². The van der Waals surface area contributed by atoms with Gasteiger partial charge in [0.1, 0.15) is 0 Å². The SMILES string of the molecule is O=C1CC(CO)CN1c1cccc(-c2cnco2)c1. The summed E-state index contributed by atoms with van der Waals surface area (Å²) in [4.78, 5) is 17.5. The summed E-state index contributed by atoms with van der Waals surface area (Å²) < 4.78 is 5.25. The van der Waals surface area contributed by atoms with Gasteiger partial charge >= 0.3 is 0 Å². The maximum Gasteiger partial charge on any atom is 0.227 e. The van der Waals surface area contributed by atoms with Gasteiger partial charge in [0.15, 0.2) is 12.2 Å². The highest BCUT2D eigenvalue weighted by atomic mass is 16.3. The van der Waals surface area contributed by atoms with E-state index in [1.807, 2.05) is 24.3 Å². The van der Waals surface area contributed by atoms with Gasteiger partial charge in [-0.1, -0.05) is 12.1 Å². The molecular weight excluding hydrogens is 244 g/mol. The minimum atomic E-state index is 0.0291. The fourth-order valence-electron chi connectivity index (χ4n) is 2.34. The molecule has 2 heterocycles. The van der Waals surface area contributed by atoms with Gasteiger partial charge in [-0.25, -0.2) is 4.98 Å². The van der Waals surface area contributed by atoms with Crippen LogP contribution >= 0.6 is 0 Å². The number of carbonyl (C=O) groups excluding carboxylic acids is 1. The van der Waals surface area contributed by atoms with Gasteiger partial charge < -0.3 is 14.4 Å². The van der Waals surface area contributed by atoms with E-state index in [9.17, 15) is 4.79 Å². The third-order valence-electron chi connectivity index (χ3n) is 3.34. The van der Waals surface area contributed by atoms with Crippen LogP contribution < -0.4 is 4.90 Å². The van der Waals surface area contributed by atoms with Crippen LogP contribution in [-0.2, 0) is 4.79 Å². The molecule has 5 nitrogen and oxygen atoms in total. The molecule has 1 aromatic carbocycles. The average Bonchev–Trinajstić information content (AvgIpc) is 3.08. The molecule has 98 valence electrons. The lowest BCUT2D eigenvalue weighted by atomic mass is 10.1. The standard InChI is InChI=1S/C14H14N2O3/c17-8-10-4-14(18)16(7-10)12-3-1-2-11(5-12)13-6-15-9-19-13/h1-3,5-6,9-10,17H,4,7-8H2. The average molecular weight is 258 g/mol. The Morgan fingerprint density at radius 1 is 1.47 bits per heavy atom. The van der Waals surface area contributed by atoms with Gasteiger partial charge in [-0.2, -0.15) is 0 Å². The summed E-state index contributed by atoms with van der Waals surface area (Å²) in [5.74, 6) is 0.752. The molecule has 1 N–H and O–H groups in total. The Balaban J connectivity index is 1.90. The number of rotatable bonds is 3. The van der Waals surface area contributed by atoms with Crippen molar-refractivity contribution in [1.29, 1.82) is 0 Å². The topological polar surface area (TPSA) is 66.6 Å². The van der Waals surface area contributed by atoms with E-state index in [0.29, 0.717) is 18.7 Å². The zero-order valence-corrected chi connectivity index (χ0v) is 10.3. The van der Waals surface area contributed by atoms with Crippen molar-refractivity contribution < 1.29 is 14.3 Å². The molecule has 0 aliphatic carbocycles. The minimum Gasteiger partial charge on any atom is -0.444 e. The van der Waals surface area contributed by atoms with Crippen molar-refractivity contribution in [1.82, 2.24) is 4.98 Å². The Hall–Kier alpha value is -2.14. The number of benzene rings is 1. The van der Waals surface area contributed by atoms with E-state index in [4.69, 9.17) is 9.52 Å². The number of amides is 1. The van der Waals surface area contributed by atoms with Crippen LogP contribution in [0.15, 0.2) is 41.3 Å². The van der Waals surface area contributed by atoms with Crippen LogP contribution in [0.25, 0.3) is 11.3 Å². The van der Waals surface area contributed by atoms with Gasteiger partial charge in [0, 0.05) is 36.7 Å². The van der Waals surface area contributed by atoms with Crippen molar-refractivity contribution in [3.63, 3.8) is 0 Å². The molecule has 0 saturated carbocycles. The van der Waals surface area contributed by atoms with Crippen molar-refractivity contribution in [2.24, 2.45) is 5.92 Å². The number of hydrogen-bond acceptors (Lipinski definition) is 4. The molecule has 1 fully saturated rings. The first kappa shape index (κ1) is 11.9. The van der Waals surface area contributed by atoms with Crippen LogP contribution in [0.4, 0.5) is 5.69 Å². The molecule has 3 rings (SSSR count). The lowest BCUT2D eigenvalue weighted by molar-refractivity contribution is -0.117. The van der Waals surface area contributed by atoms with Crippen molar-refractivity contribution in [2.75, 3.05) is 18.1 Å². The molecule has 1 aromatic heterocycles. The zero-order valence-electron chi connectivity index (χ0n) is 10.3. The summed E-state index contributed by atoms with van der Waals surface area (Å²) in [7, 11) is 0. The van der Waals surface area contributed by atoms with E-state index >= 15 is 0 Å². The molecule has 1 amide bonds. The molecule has 19 heavy (non-hydrogen) atoms. The molecule has 0 spiro atoms. The Morgan fingerprint density at radius 3 is 3.05 bits per heavy atom. The molecule has 1 saturated heterocycles. The smallest absolute Gasteiger partial charge is 0.227 e. The van der Waals surface area contributed by atoms with Crippen LogP contribution in [0.2, 0.25) is 0 Å². The fraction of sp³-hybridized carbons (Fsp3) is 0.286. The van der Waals surface area contributed by atoms with Gasteiger partial charge in [0.25, 0.3) is 0 Å². The third-order valence-corrected chi connectivity index (χ3v) is 3.34. The zero-order chi connectivity index (χ0) is 13.2. The predicted molar refractivity (Wildman–Crippen MR) is 69.5 cm³/mol. The van der Waals surface area contributed by atoms with Crippen LogP contribution in [0.1, 0.15) is 6.42 Å². The second-order valence-corrected chi connectivity index (χ2v) is 4.67. The summed E-state index contributed by atoms with van der Waals surface area (Å²) in [6.45, 7) is 0.610. The van der Waals surface area contributed by atoms with Crippen LogP contribution in [0.3, 0.4) is 0 Å². The van der Waals surface area contributed by atoms with Gasteiger partial charge in [0.2, 0.25) is 5.91 Å². The highest BCUT2D eigenvalue weighted by Crippen LogP contribution is 2.28. The lowest BCUT2D eigenvalue weighted by Gasteiger charge is -2.17. The summed E-state index contributed by atoms with van der Waals surface area (Å²) >= 11 is 0. The van der Waals surface area contributed by atoms with Crippen molar-refractivity contribution in [3.05, 3.63) is 36.9 Å². The molecule has 0 radical (unpaired) electrons. The molecule has 1 unspecified atom stereocenters. The predicted octanol–water partition coefficient (Wildman–Crippen LogP) is 1.69. The van der Waals surface area contributed by atoms with E-state index < -0.39 is 0 Å². The van der Waals surface area contributed by atoms with E-state index in [1.54, 1.807) is 11.1 Å². The summed E-state index contributed by atoms with van der Waals surface area (Å²) in [6, 6.07) is 7.58. The summed E-state index contributed by atoms with van der Waals surface area (Å²) in [5, 5.41) is 9.15. The first-order chi connectivity index (χ1) is 9.28. The molecule has 0 bridgehead atoms. The van der Waals surface area contributed by atoms with E-state index in [2.05, 4.69) is 4.98 Å². The number of anilines is 1. The lowest BCUT2D eigenvalue weighted by Crippen LogP contribution is -2.24. The molecule has 1 aliphatic heterocycles. The van der Waals surface area contributed by atoms with Crippen molar-refractivity contribution >= 4 is 11.6 Å². The number of aliphatic hydroxyl groups is 1. The Kier molecular flexibility index (Phi) is 3.05. The third kappa shape index (κ3) is 2.24. The van der Waals surface area contributed by atoms with Gasteiger partial charge in [-0.15, -0.1) is 0 Å². The van der Waals surface area contributed by atoms with E-state index in [-0.39, 0.29) is 18.4 Å². The van der Waals surface area contributed by atoms with Crippen molar-refractivity contribution in [2.45, 2.75) is 6.42 Å². The maximum atomic E-state index is 11.9. The monoisotopic (exact) mass is 258 g/mol. The highest BCUT2D eigenvalue weighted by Gasteiger charge is 2.30. The quantitative estimate of drug-likeness (QED) is 0.909. The highest BCUT2D eigenvalue weighted by molar-refractivity contribution is 5.96. The van der Waals surface area contributed by atoms with Gasteiger partial charge in [-0.3, -0.25) is 4.79 Å². The van der Waals surface area contributed by atoms with Crippen molar-refractivity contribution in [3.8, 4) is 11.3 Å². The maximum absolute atomic E-state index is 11.9. The molecule has 1 atom stereocenters. The minimum absolute atomic E-state index is 0.0291. The summed E-state index contributed by atoms with van der Waals surface area (Å²) in [6.07, 6.45) is 3.43. The Morgan fingerprint density at radius 2 is 2.37 bits per heavy atom. The fourth-order valence-corrected chi connectivity index (χ4v) is 2.34. The number of oxazole rings is 1. The number of aliphatic hydroxyl groups excluding tert-OH is 1. The van der Waals surface area contributed by atoms with Crippen LogP contribution in [0.5, 0.6) is 0 Å². The largest absolute Gasteiger partial charge is 0.444 e. The molecule has 5 heteroatoms. The summed E-state index contributed by atoms with van der Waals surface area (Å²) in [5.41, 5.74) is 1.71. The first-order valence-corrected chi connectivity index (χ1v) is 6.18. The van der Waals surface area contributed by atoms with Crippen LogP contribution in [-0.4, -0.2) is 29.1 Å². The van der Waals surface area contributed by atoms with Gasteiger partial charge in [0.05, 0.1) is 6.20 Å². The number of hydrogen-bond donors (Lipinski definition) is 1. The second-order valence-electron chi connectivity index (χ2n) is 4.67. The molecule has 2 aromatic rings. The number of carbonyl (C=O) groups is 1. The first-order valence-electron chi connectivity index (χ1n) is 6.18. The molecular formula is C14H14N2O3. The number of aromatic nitrogens is 1. The number of nitrogens with zero attached hydrogens (tertiary/aromatic N) is 2.